The number of halogens is 2. The number of carbonyl (C=O) groups excluding carboxylic acids is 1. The molecule has 128 valence electrons. The highest BCUT2D eigenvalue weighted by Gasteiger charge is 2.09. The van der Waals surface area contributed by atoms with Crippen LogP contribution in [-0.4, -0.2) is 25.0 Å². The van der Waals surface area contributed by atoms with E-state index in [1.54, 1.807) is 6.07 Å². The second kappa shape index (κ2) is 9.86. The highest BCUT2D eigenvalue weighted by atomic mass is 127. The maximum atomic E-state index is 13.4. The molecule has 0 saturated carbocycles. The first-order valence-electron chi connectivity index (χ1n) is 7.22. The van der Waals surface area contributed by atoms with Gasteiger partial charge in [-0.2, -0.15) is 0 Å². The molecule has 24 heavy (non-hydrogen) atoms. The Hall–Kier alpha value is -2.16. The van der Waals surface area contributed by atoms with Crippen molar-refractivity contribution in [2.24, 2.45) is 10.7 Å². The zero-order chi connectivity index (χ0) is 16.7. The summed E-state index contributed by atoms with van der Waals surface area (Å²) in [4.78, 5) is 15.9. The molecule has 2 rings (SSSR count). The SMILES string of the molecule is Cc1ccc(NC(N)=NCCNC(=O)c2ccccc2F)cc1.I. The highest BCUT2D eigenvalue weighted by molar-refractivity contribution is 14.0. The maximum Gasteiger partial charge on any atom is 0.254 e. The van der Waals surface area contributed by atoms with E-state index in [0.29, 0.717) is 6.54 Å². The molecule has 0 aliphatic rings. The van der Waals surface area contributed by atoms with E-state index >= 15 is 0 Å². The number of nitrogens with one attached hydrogen (secondary N) is 2. The van der Waals surface area contributed by atoms with Crippen molar-refractivity contribution in [1.82, 2.24) is 5.32 Å². The quantitative estimate of drug-likeness (QED) is 0.289. The van der Waals surface area contributed by atoms with E-state index in [2.05, 4.69) is 15.6 Å². The Bertz CT molecular complexity index is 704. The molecule has 2 aromatic carbocycles. The molecule has 2 aromatic rings. The standard InChI is InChI=1S/C17H19FN4O.HI/c1-12-6-8-13(9-7-12)22-17(19)21-11-10-20-16(23)14-4-2-3-5-15(14)18;/h2-9H,10-11H2,1H3,(H,20,23)(H3,19,21,22);1H. The monoisotopic (exact) mass is 442 g/mol. The van der Waals surface area contributed by atoms with E-state index in [0.717, 1.165) is 11.3 Å². The molecule has 0 bridgehead atoms. The number of hydrogen-bond donors (Lipinski definition) is 3. The van der Waals surface area contributed by atoms with Crippen LogP contribution in [0.25, 0.3) is 0 Å². The molecule has 0 radical (unpaired) electrons. The number of carbonyl (C=O) groups is 1. The Morgan fingerprint density at radius 2 is 1.83 bits per heavy atom. The number of nitrogens with zero attached hydrogens (tertiary/aromatic N) is 1. The van der Waals surface area contributed by atoms with Crippen LogP contribution in [0.4, 0.5) is 10.1 Å². The van der Waals surface area contributed by atoms with Crippen LogP contribution < -0.4 is 16.4 Å². The van der Waals surface area contributed by atoms with Gasteiger partial charge in [0.2, 0.25) is 0 Å². The topological polar surface area (TPSA) is 79.5 Å². The molecular weight excluding hydrogens is 422 g/mol. The van der Waals surface area contributed by atoms with E-state index < -0.39 is 11.7 Å². The second-order valence-corrected chi connectivity index (χ2v) is 4.99. The molecule has 7 heteroatoms. The molecule has 0 aromatic heterocycles. The fraction of sp³-hybridized carbons (Fsp3) is 0.176. The van der Waals surface area contributed by atoms with Crippen LogP contribution in [0.3, 0.4) is 0 Å². The lowest BCUT2D eigenvalue weighted by Crippen LogP contribution is -2.29. The average Bonchev–Trinajstić information content (AvgIpc) is 2.54. The van der Waals surface area contributed by atoms with Crippen LogP contribution in [0.2, 0.25) is 0 Å². The molecular formula is C17H20FIN4O. The summed E-state index contributed by atoms with van der Waals surface area (Å²) in [5, 5.41) is 5.55. The van der Waals surface area contributed by atoms with Crippen molar-refractivity contribution in [1.29, 1.82) is 0 Å². The Labute approximate surface area is 157 Å². The summed E-state index contributed by atoms with van der Waals surface area (Å²) in [6, 6.07) is 13.6. The fourth-order valence-corrected chi connectivity index (χ4v) is 1.91. The third-order valence-electron chi connectivity index (χ3n) is 3.12. The first kappa shape index (κ1) is 19.9. The van der Waals surface area contributed by atoms with Gasteiger partial charge in [-0.05, 0) is 31.2 Å². The van der Waals surface area contributed by atoms with E-state index in [1.165, 1.54) is 18.2 Å². The summed E-state index contributed by atoms with van der Waals surface area (Å²) in [6.45, 7) is 2.56. The minimum Gasteiger partial charge on any atom is -0.370 e. The minimum atomic E-state index is -0.547. The lowest BCUT2D eigenvalue weighted by Gasteiger charge is -2.07. The zero-order valence-electron chi connectivity index (χ0n) is 13.3. The molecule has 0 atom stereocenters. The normalized spacial score (nSPS) is 10.7. The summed E-state index contributed by atoms with van der Waals surface area (Å²) >= 11 is 0. The van der Waals surface area contributed by atoms with Gasteiger partial charge in [0.1, 0.15) is 5.82 Å². The maximum absolute atomic E-state index is 13.4. The predicted octanol–water partition coefficient (Wildman–Crippen LogP) is 2.91. The Kier molecular flexibility index (Phi) is 8.17. The van der Waals surface area contributed by atoms with Crippen molar-refractivity contribution < 1.29 is 9.18 Å². The first-order valence-corrected chi connectivity index (χ1v) is 7.22. The van der Waals surface area contributed by atoms with Gasteiger partial charge >= 0.3 is 0 Å². The van der Waals surface area contributed by atoms with Gasteiger partial charge in [0.15, 0.2) is 5.96 Å². The molecule has 0 unspecified atom stereocenters. The Balaban J connectivity index is 0.00000288. The fourth-order valence-electron chi connectivity index (χ4n) is 1.91. The van der Waals surface area contributed by atoms with Gasteiger partial charge in [-0.1, -0.05) is 29.8 Å². The third-order valence-corrected chi connectivity index (χ3v) is 3.12. The number of rotatable bonds is 5. The number of guanidine groups is 1. The molecule has 0 aliphatic heterocycles. The van der Waals surface area contributed by atoms with Gasteiger partial charge in [0.05, 0.1) is 12.1 Å². The van der Waals surface area contributed by atoms with E-state index in [1.807, 2.05) is 31.2 Å². The van der Waals surface area contributed by atoms with Crippen LogP contribution in [0.5, 0.6) is 0 Å². The van der Waals surface area contributed by atoms with Crippen LogP contribution >= 0.6 is 24.0 Å². The Morgan fingerprint density at radius 3 is 2.50 bits per heavy atom. The van der Waals surface area contributed by atoms with Gasteiger partial charge in [0, 0.05) is 12.2 Å². The molecule has 0 fully saturated rings. The molecule has 0 saturated heterocycles. The molecule has 0 heterocycles. The van der Waals surface area contributed by atoms with Crippen LogP contribution in [0.15, 0.2) is 53.5 Å². The molecule has 0 spiro atoms. The largest absolute Gasteiger partial charge is 0.370 e. The molecule has 5 nitrogen and oxygen atoms in total. The van der Waals surface area contributed by atoms with Crippen LogP contribution in [-0.2, 0) is 0 Å². The van der Waals surface area contributed by atoms with Crippen molar-refractivity contribution in [2.75, 3.05) is 18.4 Å². The van der Waals surface area contributed by atoms with E-state index in [9.17, 15) is 9.18 Å². The van der Waals surface area contributed by atoms with Gasteiger partial charge in [0.25, 0.3) is 5.91 Å². The number of nitrogens with two attached hydrogens (primary N) is 1. The van der Waals surface area contributed by atoms with Crippen molar-refractivity contribution in [3.63, 3.8) is 0 Å². The Morgan fingerprint density at radius 1 is 1.17 bits per heavy atom. The van der Waals surface area contributed by atoms with Crippen molar-refractivity contribution in [3.8, 4) is 0 Å². The van der Waals surface area contributed by atoms with E-state index in [-0.39, 0.29) is 42.0 Å². The van der Waals surface area contributed by atoms with E-state index in [4.69, 9.17) is 5.73 Å². The predicted molar refractivity (Wildman–Crippen MR) is 105 cm³/mol. The number of benzene rings is 2. The van der Waals surface area contributed by atoms with Gasteiger partial charge in [-0.25, -0.2) is 4.39 Å². The molecule has 0 aliphatic carbocycles. The highest BCUT2D eigenvalue weighted by Crippen LogP contribution is 2.08. The first-order chi connectivity index (χ1) is 11.1. The van der Waals surface area contributed by atoms with Gasteiger partial charge in [-0.3, -0.25) is 9.79 Å². The van der Waals surface area contributed by atoms with Gasteiger partial charge in [-0.15, -0.1) is 24.0 Å². The smallest absolute Gasteiger partial charge is 0.254 e. The lowest BCUT2D eigenvalue weighted by molar-refractivity contribution is 0.0951. The minimum absolute atomic E-state index is 0. The van der Waals surface area contributed by atoms with Crippen LogP contribution in [0, 0.1) is 12.7 Å². The number of anilines is 1. The summed E-state index contributed by atoms with van der Waals surface area (Å²) < 4.78 is 13.4. The summed E-state index contributed by atoms with van der Waals surface area (Å²) in [6.07, 6.45) is 0. The molecule has 4 N–H and O–H groups in total. The van der Waals surface area contributed by atoms with Gasteiger partial charge < -0.3 is 16.4 Å². The zero-order valence-corrected chi connectivity index (χ0v) is 15.6. The number of amides is 1. The number of aliphatic imine (C=N–C) groups is 1. The van der Waals surface area contributed by atoms with Crippen LogP contribution in [0.1, 0.15) is 15.9 Å². The van der Waals surface area contributed by atoms with Crippen molar-refractivity contribution in [3.05, 3.63) is 65.5 Å². The van der Waals surface area contributed by atoms with Crippen molar-refractivity contribution in [2.45, 2.75) is 6.92 Å². The number of hydrogen-bond acceptors (Lipinski definition) is 2. The number of aryl methyl sites for hydroxylation is 1. The third kappa shape index (κ3) is 6.15. The lowest BCUT2D eigenvalue weighted by atomic mass is 10.2. The average molecular weight is 442 g/mol. The van der Waals surface area contributed by atoms with Crippen molar-refractivity contribution >= 4 is 41.5 Å². The second-order valence-electron chi connectivity index (χ2n) is 4.99. The summed E-state index contributed by atoms with van der Waals surface area (Å²) in [7, 11) is 0. The summed E-state index contributed by atoms with van der Waals surface area (Å²) in [5.41, 5.74) is 7.77. The summed E-state index contributed by atoms with van der Waals surface area (Å²) in [5.74, 6) is -0.758. The molecule has 1 amide bonds.